The van der Waals surface area contributed by atoms with Crippen molar-refractivity contribution in [2.24, 2.45) is 0 Å². The molecule has 0 aliphatic carbocycles. The summed E-state index contributed by atoms with van der Waals surface area (Å²) in [5.41, 5.74) is 3.11. The maximum absolute atomic E-state index is 12.1. The number of hydrogen-bond donors (Lipinski definition) is 2. The minimum atomic E-state index is -3.84. The Morgan fingerprint density at radius 3 is 2.42 bits per heavy atom. The van der Waals surface area contributed by atoms with Gasteiger partial charge >= 0.3 is 0 Å². The average Bonchev–Trinajstić information content (AvgIpc) is 2.59. The van der Waals surface area contributed by atoms with Gasteiger partial charge in [0.05, 0.1) is 9.92 Å². The van der Waals surface area contributed by atoms with Crippen LogP contribution in [0.3, 0.4) is 0 Å². The molecule has 0 aliphatic heterocycles. The molecule has 0 bridgehead atoms. The molecule has 0 radical (unpaired) electrons. The Hall–Kier alpha value is -2.09. The van der Waals surface area contributed by atoms with Crippen molar-refractivity contribution in [2.45, 2.75) is 18.2 Å². The summed E-state index contributed by atoms with van der Waals surface area (Å²) in [6, 6.07) is 13.1. The van der Waals surface area contributed by atoms with Crippen molar-refractivity contribution < 1.29 is 17.9 Å². The van der Waals surface area contributed by atoms with Gasteiger partial charge in [-0.15, -0.1) is 4.83 Å². The van der Waals surface area contributed by atoms with Crippen LogP contribution in [-0.2, 0) is 21.2 Å². The zero-order valence-electron chi connectivity index (χ0n) is 13.0. The lowest BCUT2D eigenvalue weighted by Crippen LogP contribution is -2.43. The number of amides is 1. The molecule has 8 heteroatoms. The summed E-state index contributed by atoms with van der Waals surface area (Å²) < 4.78 is 29.4. The number of carbonyl (C=O) groups is 1. The van der Waals surface area contributed by atoms with Gasteiger partial charge in [0.1, 0.15) is 5.75 Å². The number of hydrazine groups is 1. The predicted octanol–water partition coefficient (Wildman–Crippen LogP) is 2.29. The lowest BCUT2D eigenvalue weighted by Gasteiger charge is -2.10. The van der Waals surface area contributed by atoms with Crippen LogP contribution < -0.4 is 15.0 Å². The third-order valence-electron chi connectivity index (χ3n) is 3.16. The summed E-state index contributed by atoms with van der Waals surface area (Å²) in [6.45, 7) is 1.60. The first kappa shape index (κ1) is 18.3. The van der Waals surface area contributed by atoms with Gasteiger partial charge in [0.25, 0.3) is 15.9 Å². The van der Waals surface area contributed by atoms with Gasteiger partial charge in [0.15, 0.2) is 6.61 Å². The van der Waals surface area contributed by atoms with Gasteiger partial charge in [-0.2, -0.15) is 0 Å². The monoisotopic (exact) mass is 368 g/mol. The molecule has 1 amide bonds. The van der Waals surface area contributed by atoms with Gasteiger partial charge in [0.2, 0.25) is 0 Å². The van der Waals surface area contributed by atoms with Crippen LogP contribution in [-0.4, -0.2) is 20.9 Å². The van der Waals surface area contributed by atoms with Crippen molar-refractivity contribution in [1.82, 2.24) is 10.3 Å². The van der Waals surface area contributed by atoms with E-state index in [0.717, 1.165) is 12.0 Å². The fourth-order valence-corrected chi connectivity index (χ4v) is 2.88. The number of rotatable bonds is 7. The molecule has 0 aromatic heterocycles. The minimum absolute atomic E-state index is 0.0621. The van der Waals surface area contributed by atoms with E-state index in [-0.39, 0.29) is 11.5 Å². The van der Waals surface area contributed by atoms with E-state index in [2.05, 4.69) is 5.43 Å². The van der Waals surface area contributed by atoms with E-state index in [9.17, 15) is 13.2 Å². The predicted molar refractivity (Wildman–Crippen MR) is 91.2 cm³/mol. The van der Waals surface area contributed by atoms with Crippen LogP contribution in [0, 0.1) is 0 Å². The summed E-state index contributed by atoms with van der Waals surface area (Å²) in [7, 11) is -3.84. The molecule has 0 saturated carbocycles. The van der Waals surface area contributed by atoms with Gasteiger partial charge in [-0.05, 0) is 36.2 Å². The molecule has 2 aromatic carbocycles. The van der Waals surface area contributed by atoms with E-state index in [0.29, 0.717) is 10.8 Å². The molecule has 0 atom stereocenters. The first-order chi connectivity index (χ1) is 11.4. The number of hydrogen-bond acceptors (Lipinski definition) is 4. The van der Waals surface area contributed by atoms with E-state index >= 15 is 0 Å². The summed E-state index contributed by atoms with van der Waals surface area (Å²) >= 11 is 5.89. The van der Waals surface area contributed by atoms with E-state index < -0.39 is 15.9 Å². The number of halogens is 1. The topological polar surface area (TPSA) is 84.5 Å². The molecular weight excluding hydrogens is 352 g/mol. The van der Waals surface area contributed by atoms with Crippen LogP contribution in [0.4, 0.5) is 0 Å². The van der Waals surface area contributed by atoms with E-state index in [1.807, 2.05) is 11.8 Å². The molecule has 2 aromatic rings. The molecule has 6 nitrogen and oxygen atoms in total. The van der Waals surface area contributed by atoms with Crippen molar-refractivity contribution in [2.75, 3.05) is 6.61 Å². The molecule has 0 heterocycles. The van der Waals surface area contributed by atoms with E-state index in [1.165, 1.54) is 12.1 Å². The third-order valence-corrected chi connectivity index (χ3v) is 4.74. The zero-order valence-corrected chi connectivity index (χ0v) is 14.5. The minimum Gasteiger partial charge on any atom is -0.482 e. The smallest absolute Gasteiger partial charge is 0.272 e. The summed E-state index contributed by atoms with van der Waals surface area (Å²) in [5, 5.41) is 0.363. The Morgan fingerprint density at radius 2 is 1.79 bits per heavy atom. The number of benzene rings is 2. The molecule has 0 aliphatic rings. The second kappa shape index (κ2) is 8.14. The summed E-state index contributed by atoms with van der Waals surface area (Å²) in [5.74, 6) is -0.309. The quantitative estimate of drug-likeness (QED) is 0.734. The molecule has 2 rings (SSSR count). The summed E-state index contributed by atoms with van der Waals surface area (Å²) in [6.07, 6.45) is 0.809. The van der Waals surface area contributed by atoms with Crippen LogP contribution >= 0.6 is 11.6 Å². The number of nitrogens with one attached hydrogen (secondary N) is 2. The third kappa shape index (κ3) is 4.95. The molecule has 2 N–H and O–H groups in total. The SMILES string of the molecule is CCc1ccc(S(=O)(=O)NNC(=O)COc2ccccc2Cl)cc1. The second-order valence-corrected chi connectivity index (χ2v) is 6.96. The Balaban J connectivity index is 1.89. The normalized spacial score (nSPS) is 11.1. The number of ether oxygens (including phenoxy) is 1. The van der Waals surface area contributed by atoms with Crippen molar-refractivity contribution in [3.05, 3.63) is 59.1 Å². The number of aryl methyl sites for hydroxylation is 1. The van der Waals surface area contributed by atoms with Crippen LogP contribution in [0.1, 0.15) is 12.5 Å². The average molecular weight is 369 g/mol. The molecule has 0 spiro atoms. The largest absolute Gasteiger partial charge is 0.482 e. The Bertz CT molecular complexity index is 807. The van der Waals surface area contributed by atoms with Crippen molar-refractivity contribution >= 4 is 27.5 Å². The van der Waals surface area contributed by atoms with E-state index in [1.54, 1.807) is 36.4 Å². The maximum Gasteiger partial charge on any atom is 0.272 e. The van der Waals surface area contributed by atoms with Crippen molar-refractivity contribution in [3.8, 4) is 5.75 Å². The molecule has 0 unspecified atom stereocenters. The van der Waals surface area contributed by atoms with Crippen molar-refractivity contribution in [1.29, 1.82) is 0 Å². The van der Waals surface area contributed by atoms with Gasteiger partial charge < -0.3 is 4.74 Å². The molecule has 0 saturated heterocycles. The summed E-state index contributed by atoms with van der Waals surface area (Å²) in [4.78, 5) is 13.8. The molecule has 0 fully saturated rings. The first-order valence-corrected chi connectivity index (χ1v) is 9.05. The van der Waals surface area contributed by atoms with Gasteiger partial charge in [0, 0.05) is 0 Å². The Labute approximate surface area is 145 Å². The highest BCUT2D eigenvalue weighted by Crippen LogP contribution is 2.22. The molecular formula is C16H17ClN2O4S. The fourth-order valence-electron chi connectivity index (χ4n) is 1.83. The van der Waals surface area contributed by atoms with Crippen LogP contribution in [0.5, 0.6) is 5.75 Å². The number of sulfonamides is 1. The molecule has 24 heavy (non-hydrogen) atoms. The highest BCUT2D eigenvalue weighted by molar-refractivity contribution is 7.89. The van der Waals surface area contributed by atoms with Crippen molar-refractivity contribution in [3.63, 3.8) is 0 Å². The standard InChI is InChI=1S/C16H17ClN2O4S/c1-2-12-7-9-13(10-8-12)24(21,22)19-18-16(20)11-23-15-6-4-3-5-14(15)17/h3-10,19H,2,11H2,1H3,(H,18,20). The van der Waals surface area contributed by atoms with Gasteiger partial charge in [-0.3, -0.25) is 10.2 Å². The second-order valence-electron chi connectivity index (χ2n) is 4.87. The highest BCUT2D eigenvalue weighted by atomic mass is 35.5. The number of carbonyl (C=O) groups excluding carboxylic acids is 1. The zero-order chi connectivity index (χ0) is 17.6. The number of para-hydroxylation sites is 1. The Morgan fingerprint density at radius 1 is 1.12 bits per heavy atom. The maximum atomic E-state index is 12.1. The van der Waals surface area contributed by atoms with Crippen LogP contribution in [0.2, 0.25) is 5.02 Å². The fraction of sp³-hybridized carbons (Fsp3) is 0.188. The highest BCUT2D eigenvalue weighted by Gasteiger charge is 2.15. The molecule has 128 valence electrons. The first-order valence-electron chi connectivity index (χ1n) is 7.19. The van der Waals surface area contributed by atoms with Gasteiger partial charge in [-0.25, -0.2) is 8.42 Å². The van der Waals surface area contributed by atoms with Gasteiger partial charge in [-0.1, -0.05) is 42.8 Å². The lowest BCUT2D eigenvalue weighted by molar-refractivity contribution is -0.123. The van der Waals surface area contributed by atoms with Crippen LogP contribution in [0.15, 0.2) is 53.4 Å². The van der Waals surface area contributed by atoms with E-state index in [4.69, 9.17) is 16.3 Å². The van der Waals surface area contributed by atoms with Crippen LogP contribution in [0.25, 0.3) is 0 Å². The lowest BCUT2D eigenvalue weighted by atomic mass is 10.2. The Kier molecular flexibility index (Phi) is 6.19.